The van der Waals surface area contributed by atoms with E-state index in [0.29, 0.717) is 35.1 Å². The molecule has 0 aliphatic carbocycles. The molecule has 0 saturated carbocycles. The first-order chi connectivity index (χ1) is 15.5. The number of halogens is 1. The first-order valence-electron chi connectivity index (χ1n) is 9.65. The number of nitrogens with one attached hydrogen (secondary N) is 1. The van der Waals surface area contributed by atoms with Crippen LogP contribution >= 0.6 is 22.6 Å². The standard InChI is InChI=1S/C25H21IN2O4/c1-30-22-10-8-21(9-11-22)28-25(29)19(15-27)13-18-5-12-23(24(14-18)31-2)32-16-17-3-6-20(26)7-4-17/h3-14H,16H2,1-2H3,(H,28,29)/b19-13-. The lowest BCUT2D eigenvalue weighted by Crippen LogP contribution is -2.13. The molecule has 0 fully saturated rings. The lowest BCUT2D eigenvalue weighted by Gasteiger charge is -2.12. The van der Waals surface area contributed by atoms with Gasteiger partial charge in [-0.15, -0.1) is 0 Å². The van der Waals surface area contributed by atoms with Crippen molar-refractivity contribution in [1.29, 1.82) is 5.26 Å². The summed E-state index contributed by atoms with van der Waals surface area (Å²) in [6.45, 7) is 0.399. The molecule has 162 valence electrons. The van der Waals surface area contributed by atoms with E-state index in [4.69, 9.17) is 14.2 Å². The highest BCUT2D eigenvalue weighted by molar-refractivity contribution is 14.1. The number of nitrogens with zero attached hydrogens (tertiary/aromatic N) is 1. The van der Waals surface area contributed by atoms with Crippen molar-refractivity contribution in [3.05, 3.63) is 87.0 Å². The molecular weight excluding hydrogens is 519 g/mol. The predicted molar refractivity (Wildman–Crippen MR) is 132 cm³/mol. The van der Waals surface area contributed by atoms with Crippen molar-refractivity contribution in [2.75, 3.05) is 19.5 Å². The van der Waals surface area contributed by atoms with Crippen LogP contribution < -0.4 is 19.5 Å². The number of nitriles is 1. The van der Waals surface area contributed by atoms with E-state index in [1.165, 1.54) is 6.08 Å². The Morgan fingerprint density at radius 3 is 2.34 bits per heavy atom. The molecular formula is C25H21IN2O4. The second-order valence-electron chi connectivity index (χ2n) is 6.68. The van der Waals surface area contributed by atoms with E-state index < -0.39 is 5.91 Å². The molecule has 0 radical (unpaired) electrons. The minimum absolute atomic E-state index is 0.0320. The molecule has 0 atom stereocenters. The maximum Gasteiger partial charge on any atom is 0.266 e. The summed E-state index contributed by atoms with van der Waals surface area (Å²) < 4.78 is 17.6. The highest BCUT2D eigenvalue weighted by Gasteiger charge is 2.11. The molecule has 0 aliphatic rings. The molecule has 0 bridgehead atoms. The molecule has 6 nitrogen and oxygen atoms in total. The van der Waals surface area contributed by atoms with E-state index in [1.807, 2.05) is 30.3 Å². The zero-order valence-corrected chi connectivity index (χ0v) is 19.8. The topological polar surface area (TPSA) is 80.6 Å². The lowest BCUT2D eigenvalue weighted by atomic mass is 10.1. The largest absolute Gasteiger partial charge is 0.497 e. The Hall–Kier alpha value is -3.51. The van der Waals surface area contributed by atoms with Crippen molar-refractivity contribution < 1.29 is 19.0 Å². The summed E-state index contributed by atoms with van der Waals surface area (Å²) in [4.78, 5) is 12.5. The first-order valence-corrected chi connectivity index (χ1v) is 10.7. The van der Waals surface area contributed by atoms with Crippen molar-refractivity contribution >= 4 is 40.3 Å². The fraction of sp³-hybridized carbons (Fsp3) is 0.120. The van der Waals surface area contributed by atoms with Crippen LogP contribution in [0.5, 0.6) is 17.2 Å². The molecule has 0 aliphatic heterocycles. The number of carbonyl (C=O) groups excluding carboxylic acids is 1. The molecule has 0 unspecified atom stereocenters. The predicted octanol–water partition coefficient (Wildman–Crippen LogP) is 5.43. The summed E-state index contributed by atoms with van der Waals surface area (Å²) in [6, 6.07) is 22.1. The Morgan fingerprint density at radius 1 is 1.00 bits per heavy atom. The van der Waals surface area contributed by atoms with E-state index in [-0.39, 0.29) is 5.57 Å². The van der Waals surface area contributed by atoms with Crippen molar-refractivity contribution in [3.63, 3.8) is 0 Å². The van der Waals surface area contributed by atoms with Gasteiger partial charge in [0.2, 0.25) is 0 Å². The fourth-order valence-electron chi connectivity index (χ4n) is 2.82. The molecule has 0 aromatic heterocycles. The van der Waals surface area contributed by atoms with Gasteiger partial charge in [-0.1, -0.05) is 18.2 Å². The molecule has 1 amide bonds. The van der Waals surface area contributed by atoms with Crippen LogP contribution in [0.2, 0.25) is 0 Å². The molecule has 32 heavy (non-hydrogen) atoms. The van der Waals surface area contributed by atoms with Crippen molar-refractivity contribution in [2.24, 2.45) is 0 Å². The lowest BCUT2D eigenvalue weighted by molar-refractivity contribution is -0.112. The van der Waals surface area contributed by atoms with Gasteiger partial charge in [0.1, 0.15) is 24.0 Å². The first kappa shape index (κ1) is 23.2. The van der Waals surface area contributed by atoms with Gasteiger partial charge in [0.15, 0.2) is 11.5 Å². The number of rotatable bonds is 8. The maximum atomic E-state index is 12.5. The zero-order chi connectivity index (χ0) is 22.9. The second kappa shape index (κ2) is 11.2. The Labute approximate surface area is 200 Å². The minimum Gasteiger partial charge on any atom is -0.497 e. The average Bonchev–Trinajstić information content (AvgIpc) is 2.82. The summed E-state index contributed by atoms with van der Waals surface area (Å²) in [6.07, 6.45) is 1.50. The van der Waals surface area contributed by atoms with E-state index in [1.54, 1.807) is 56.7 Å². The Morgan fingerprint density at radius 2 is 1.72 bits per heavy atom. The molecule has 3 aromatic rings. The molecule has 3 aromatic carbocycles. The molecule has 0 spiro atoms. The number of carbonyl (C=O) groups is 1. The number of ether oxygens (including phenoxy) is 3. The van der Waals surface area contributed by atoms with Gasteiger partial charge < -0.3 is 19.5 Å². The van der Waals surface area contributed by atoms with E-state index in [2.05, 4.69) is 27.9 Å². The van der Waals surface area contributed by atoms with Gasteiger partial charge in [0.05, 0.1) is 14.2 Å². The normalized spacial score (nSPS) is 10.8. The van der Waals surface area contributed by atoms with Crippen LogP contribution in [0.4, 0.5) is 5.69 Å². The summed E-state index contributed by atoms with van der Waals surface area (Å²) in [7, 11) is 3.11. The smallest absolute Gasteiger partial charge is 0.266 e. The monoisotopic (exact) mass is 540 g/mol. The summed E-state index contributed by atoms with van der Waals surface area (Å²) in [5.41, 5.74) is 2.22. The van der Waals surface area contributed by atoms with Gasteiger partial charge in [-0.2, -0.15) is 5.26 Å². The SMILES string of the molecule is COc1ccc(NC(=O)/C(C#N)=C\c2ccc(OCc3ccc(I)cc3)c(OC)c2)cc1. The van der Waals surface area contributed by atoms with Crippen molar-refractivity contribution in [1.82, 2.24) is 0 Å². The number of hydrogen-bond donors (Lipinski definition) is 1. The molecule has 7 heteroatoms. The molecule has 1 N–H and O–H groups in total. The van der Waals surface area contributed by atoms with Crippen LogP contribution in [0.25, 0.3) is 6.08 Å². The summed E-state index contributed by atoms with van der Waals surface area (Å²) in [5, 5.41) is 12.2. The highest BCUT2D eigenvalue weighted by atomic mass is 127. The number of hydrogen-bond acceptors (Lipinski definition) is 5. The van der Waals surface area contributed by atoms with E-state index >= 15 is 0 Å². The van der Waals surface area contributed by atoms with Gasteiger partial charge in [0.25, 0.3) is 5.91 Å². The minimum atomic E-state index is -0.504. The quantitative estimate of drug-likeness (QED) is 0.234. The third-order valence-corrected chi connectivity index (χ3v) is 5.24. The Bertz CT molecular complexity index is 1150. The Kier molecular flexibility index (Phi) is 8.11. The second-order valence-corrected chi connectivity index (χ2v) is 7.92. The fourth-order valence-corrected chi connectivity index (χ4v) is 3.18. The number of amides is 1. The van der Waals surface area contributed by atoms with Gasteiger partial charge in [0, 0.05) is 9.26 Å². The maximum absolute atomic E-state index is 12.5. The summed E-state index contributed by atoms with van der Waals surface area (Å²) in [5.74, 6) is 1.26. The molecule has 3 rings (SSSR count). The third kappa shape index (κ3) is 6.25. The van der Waals surface area contributed by atoms with Crippen LogP contribution in [-0.2, 0) is 11.4 Å². The van der Waals surface area contributed by atoms with Crippen LogP contribution in [-0.4, -0.2) is 20.1 Å². The van der Waals surface area contributed by atoms with E-state index in [0.717, 1.165) is 9.13 Å². The van der Waals surface area contributed by atoms with Crippen molar-refractivity contribution in [2.45, 2.75) is 6.61 Å². The van der Waals surface area contributed by atoms with Crippen LogP contribution in [0.3, 0.4) is 0 Å². The number of anilines is 1. The third-order valence-electron chi connectivity index (χ3n) is 4.52. The average molecular weight is 540 g/mol. The zero-order valence-electron chi connectivity index (χ0n) is 17.6. The number of methoxy groups -OCH3 is 2. The van der Waals surface area contributed by atoms with E-state index in [9.17, 15) is 10.1 Å². The van der Waals surface area contributed by atoms with Crippen LogP contribution in [0, 0.1) is 14.9 Å². The molecule has 0 heterocycles. The Balaban J connectivity index is 1.72. The van der Waals surface area contributed by atoms with Gasteiger partial charge in [-0.05, 0) is 88.3 Å². The van der Waals surface area contributed by atoms with Crippen LogP contribution in [0.1, 0.15) is 11.1 Å². The van der Waals surface area contributed by atoms with Gasteiger partial charge in [-0.3, -0.25) is 4.79 Å². The van der Waals surface area contributed by atoms with Gasteiger partial charge in [-0.25, -0.2) is 0 Å². The molecule has 0 saturated heterocycles. The van der Waals surface area contributed by atoms with Gasteiger partial charge >= 0.3 is 0 Å². The highest BCUT2D eigenvalue weighted by Crippen LogP contribution is 2.30. The number of benzene rings is 3. The summed E-state index contributed by atoms with van der Waals surface area (Å²) >= 11 is 2.25. The van der Waals surface area contributed by atoms with Crippen LogP contribution in [0.15, 0.2) is 72.3 Å². The van der Waals surface area contributed by atoms with Crippen molar-refractivity contribution in [3.8, 4) is 23.3 Å².